The van der Waals surface area contributed by atoms with Crippen LogP contribution in [0.4, 0.5) is 0 Å². The number of nitrogens with one attached hydrogen (secondary N) is 2. The zero-order valence-corrected chi connectivity index (χ0v) is 13.8. The number of benzene rings is 1. The van der Waals surface area contributed by atoms with Crippen molar-refractivity contribution in [3.63, 3.8) is 0 Å². The Labute approximate surface area is 139 Å². The Bertz CT molecular complexity index is 940. The van der Waals surface area contributed by atoms with Crippen LogP contribution in [-0.4, -0.2) is 27.0 Å². The summed E-state index contributed by atoms with van der Waals surface area (Å²) < 4.78 is 1.41. The van der Waals surface area contributed by atoms with Crippen molar-refractivity contribution < 1.29 is 4.79 Å². The third-order valence-electron chi connectivity index (χ3n) is 4.18. The minimum absolute atomic E-state index is 0.119. The molecule has 0 spiro atoms. The van der Waals surface area contributed by atoms with Gasteiger partial charge in [-0.15, -0.1) is 0 Å². The van der Waals surface area contributed by atoms with Gasteiger partial charge in [0.05, 0.1) is 18.4 Å². The largest absolute Gasteiger partial charge is 0.361 e. The Morgan fingerprint density at radius 2 is 2.12 bits per heavy atom. The number of nitrogens with zero attached hydrogens (tertiary/aromatic N) is 2. The van der Waals surface area contributed by atoms with Gasteiger partial charge in [-0.3, -0.25) is 9.59 Å². The molecule has 124 valence electrons. The first kappa shape index (κ1) is 16.0. The number of H-pyrrole nitrogens is 1. The van der Waals surface area contributed by atoms with Gasteiger partial charge in [0.2, 0.25) is 5.91 Å². The zero-order valence-electron chi connectivity index (χ0n) is 13.8. The molecular weight excluding hydrogens is 304 g/mol. The average molecular weight is 324 g/mol. The van der Waals surface area contributed by atoms with Crippen LogP contribution >= 0.6 is 0 Å². The van der Waals surface area contributed by atoms with Crippen LogP contribution in [-0.2, 0) is 24.7 Å². The summed E-state index contributed by atoms with van der Waals surface area (Å²) in [5.41, 5.74) is 3.20. The molecule has 1 amide bonds. The summed E-state index contributed by atoms with van der Waals surface area (Å²) in [6.07, 6.45) is 4.29. The molecule has 0 atom stereocenters. The fraction of sp³-hybridized carbons (Fsp3) is 0.278. The van der Waals surface area contributed by atoms with E-state index in [0.717, 1.165) is 11.9 Å². The van der Waals surface area contributed by atoms with Gasteiger partial charge in [-0.05, 0) is 25.0 Å². The number of hydrogen-bond acceptors (Lipinski definition) is 3. The van der Waals surface area contributed by atoms with E-state index < -0.39 is 0 Å². The molecule has 0 bridgehead atoms. The Hall–Kier alpha value is -2.89. The summed E-state index contributed by atoms with van der Waals surface area (Å²) in [6, 6.07) is 8.09. The highest BCUT2D eigenvalue weighted by Crippen LogP contribution is 2.17. The minimum Gasteiger partial charge on any atom is -0.361 e. The molecule has 0 radical (unpaired) electrons. The normalized spacial score (nSPS) is 10.9. The molecular formula is C18H20N4O2. The number of rotatable bonds is 5. The third-order valence-corrected chi connectivity index (χ3v) is 4.18. The molecule has 0 fully saturated rings. The van der Waals surface area contributed by atoms with Gasteiger partial charge in [0.25, 0.3) is 5.56 Å². The van der Waals surface area contributed by atoms with Gasteiger partial charge >= 0.3 is 0 Å². The molecule has 6 nitrogen and oxygen atoms in total. The Balaban J connectivity index is 1.58. The number of amides is 1. The number of hydrogen-bond donors (Lipinski definition) is 2. The van der Waals surface area contributed by atoms with Crippen LogP contribution in [0.3, 0.4) is 0 Å². The van der Waals surface area contributed by atoms with Gasteiger partial charge < -0.3 is 14.9 Å². The smallest absolute Gasteiger partial charge is 0.256 e. The maximum Gasteiger partial charge on any atom is 0.256 e. The fourth-order valence-electron chi connectivity index (χ4n) is 2.76. The number of para-hydroxylation sites is 1. The Morgan fingerprint density at radius 1 is 1.33 bits per heavy atom. The average Bonchev–Trinajstić information content (AvgIpc) is 2.99. The zero-order chi connectivity index (χ0) is 17.1. The summed E-state index contributed by atoms with van der Waals surface area (Å²) in [5.74, 6) is -0.126. The van der Waals surface area contributed by atoms with E-state index in [4.69, 9.17) is 0 Å². The van der Waals surface area contributed by atoms with Crippen molar-refractivity contribution in [2.75, 3.05) is 6.54 Å². The molecule has 24 heavy (non-hydrogen) atoms. The number of carbonyl (C=O) groups is 1. The fourth-order valence-corrected chi connectivity index (χ4v) is 2.76. The minimum atomic E-state index is -0.126. The number of aromatic nitrogens is 3. The molecule has 1 aromatic carbocycles. The molecule has 0 aliphatic carbocycles. The van der Waals surface area contributed by atoms with Crippen LogP contribution in [0.5, 0.6) is 0 Å². The second-order valence-electron chi connectivity index (χ2n) is 5.87. The van der Waals surface area contributed by atoms with Crippen LogP contribution < -0.4 is 10.9 Å². The maximum atomic E-state index is 12.1. The molecule has 0 saturated carbocycles. The highest BCUT2D eigenvalue weighted by Gasteiger charge is 2.11. The van der Waals surface area contributed by atoms with Crippen molar-refractivity contribution in [3.05, 3.63) is 64.0 Å². The quantitative estimate of drug-likeness (QED) is 0.746. The van der Waals surface area contributed by atoms with Crippen LogP contribution in [0.1, 0.15) is 16.8 Å². The van der Waals surface area contributed by atoms with Crippen molar-refractivity contribution >= 4 is 16.8 Å². The molecule has 0 aliphatic heterocycles. The predicted molar refractivity (Wildman–Crippen MR) is 92.9 cm³/mol. The molecule has 2 N–H and O–H groups in total. The first-order chi connectivity index (χ1) is 11.6. The van der Waals surface area contributed by atoms with E-state index in [1.165, 1.54) is 21.8 Å². The van der Waals surface area contributed by atoms with Crippen LogP contribution in [0.15, 0.2) is 41.6 Å². The lowest BCUT2D eigenvalue weighted by molar-refractivity contribution is -0.120. The van der Waals surface area contributed by atoms with E-state index in [1.54, 1.807) is 14.0 Å². The molecule has 0 aliphatic rings. The van der Waals surface area contributed by atoms with E-state index >= 15 is 0 Å². The lowest BCUT2D eigenvalue weighted by Gasteiger charge is -2.07. The lowest BCUT2D eigenvalue weighted by atomic mass is 10.1. The number of aryl methyl sites for hydroxylation is 1. The number of aromatic amines is 1. The topological polar surface area (TPSA) is 79.8 Å². The SMILES string of the molecule is Cc1c(CC(=O)NCCc2c[nH]c3ccccc23)ncn(C)c1=O. The van der Waals surface area contributed by atoms with Gasteiger partial charge in [-0.1, -0.05) is 18.2 Å². The number of carbonyl (C=O) groups excluding carboxylic acids is 1. The summed E-state index contributed by atoms with van der Waals surface area (Å²) in [5, 5.41) is 4.07. The maximum absolute atomic E-state index is 12.1. The third kappa shape index (κ3) is 3.22. The molecule has 2 aromatic heterocycles. The van der Waals surface area contributed by atoms with Gasteiger partial charge in [0.15, 0.2) is 0 Å². The molecule has 3 rings (SSSR count). The second kappa shape index (κ2) is 6.70. The first-order valence-electron chi connectivity index (χ1n) is 7.89. The molecule has 0 unspecified atom stereocenters. The van der Waals surface area contributed by atoms with E-state index in [9.17, 15) is 9.59 Å². The standard InChI is InChI=1S/C18H20N4O2/c1-12-16(21-11-22(2)18(12)24)9-17(23)19-8-7-13-10-20-15-6-4-3-5-14(13)15/h3-6,10-11,20H,7-9H2,1-2H3,(H,19,23). The van der Waals surface area contributed by atoms with E-state index in [0.29, 0.717) is 17.8 Å². The Morgan fingerprint density at radius 3 is 2.96 bits per heavy atom. The lowest BCUT2D eigenvalue weighted by Crippen LogP contribution is -2.29. The van der Waals surface area contributed by atoms with Gasteiger partial charge in [-0.25, -0.2) is 4.98 Å². The first-order valence-corrected chi connectivity index (χ1v) is 7.89. The molecule has 2 heterocycles. The summed E-state index contributed by atoms with van der Waals surface area (Å²) in [7, 11) is 1.65. The van der Waals surface area contributed by atoms with Crippen LogP contribution in [0.2, 0.25) is 0 Å². The van der Waals surface area contributed by atoms with Crippen LogP contribution in [0, 0.1) is 6.92 Å². The van der Waals surface area contributed by atoms with Crippen molar-refractivity contribution in [1.82, 2.24) is 19.9 Å². The Kier molecular flexibility index (Phi) is 4.46. The molecule has 3 aromatic rings. The highest BCUT2D eigenvalue weighted by atomic mass is 16.1. The van der Waals surface area contributed by atoms with E-state index in [-0.39, 0.29) is 17.9 Å². The highest BCUT2D eigenvalue weighted by molar-refractivity contribution is 5.83. The van der Waals surface area contributed by atoms with Crippen LogP contribution in [0.25, 0.3) is 10.9 Å². The van der Waals surface area contributed by atoms with Gasteiger partial charge in [0, 0.05) is 36.3 Å². The van der Waals surface area contributed by atoms with Crippen molar-refractivity contribution in [2.24, 2.45) is 7.05 Å². The monoisotopic (exact) mass is 324 g/mol. The summed E-state index contributed by atoms with van der Waals surface area (Å²) >= 11 is 0. The van der Waals surface area contributed by atoms with E-state index in [2.05, 4.69) is 21.4 Å². The van der Waals surface area contributed by atoms with Crippen molar-refractivity contribution in [2.45, 2.75) is 19.8 Å². The van der Waals surface area contributed by atoms with Crippen molar-refractivity contribution in [3.8, 4) is 0 Å². The summed E-state index contributed by atoms with van der Waals surface area (Å²) in [4.78, 5) is 31.3. The molecule has 6 heteroatoms. The van der Waals surface area contributed by atoms with Gasteiger partial charge in [-0.2, -0.15) is 0 Å². The number of fused-ring (bicyclic) bond motifs is 1. The predicted octanol–water partition coefficient (Wildman–Crippen LogP) is 1.47. The summed E-state index contributed by atoms with van der Waals surface area (Å²) in [6.45, 7) is 2.24. The second-order valence-corrected chi connectivity index (χ2v) is 5.87. The van der Waals surface area contributed by atoms with E-state index in [1.807, 2.05) is 24.4 Å². The van der Waals surface area contributed by atoms with Crippen molar-refractivity contribution in [1.29, 1.82) is 0 Å². The molecule has 0 saturated heterocycles. The van der Waals surface area contributed by atoms with Gasteiger partial charge in [0.1, 0.15) is 0 Å².